The lowest BCUT2D eigenvalue weighted by molar-refractivity contribution is -0.385. The fraction of sp³-hybridized carbons (Fsp3) is 0.286. The van der Waals surface area contributed by atoms with Crippen molar-refractivity contribution in [1.82, 2.24) is 10.2 Å². The maximum Gasteiger partial charge on any atom is 0.282 e. The third kappa shape index (κ3) is 4.16. The molecule has 1 aliphatic heterocycles. The summed E-state index contributed by atoms with van der Waals surface area (Å²) in [4.78, 5) is 48.2. The SMILES string of the molecule is CC(C)c1ccc(CCNC(=O)CN2C(=O)c3cccc([N+](=O)[O-])c3C2=O)cc1. The molecule has 1 aliphatic rings. The lowest BCUT2D eigenvalue weighted by atomic mass is 10.0. The predicted molar refractivity (Wildman–Crippen MR) is 106 cm³/mol. The van der Waals surface area contributed by atoms with Crippen molar-refractivity contribution in [2.24, 2.45) is 0 Å². The summed E-state index contributed by atoms with van der Waals surface area (Å²) in [5.41, 5.74) is 1.54. The monoisotopic (exact) mass is 395 g/mol. The first-order valence-electron chi connectivity index (χ1n) is 9.28. The second-order valence-corrected chi connectivity index (χ2v) is 7.15. The van der Waals surface area contributed by atoms with Gasteiger partial charge in [-0.15, -0.1) is 0 Å². The van der Waals surface area contributed by atoms with Crippen LogP contribution in [0.4, 0.5) is 5.69 Å². The van der Waals surface area contributed by atoms with Crippen LogP contribution in [0.15, 0.2) is 42.5 Å². The van der Waals surface area contributed by atoms with Gasteiger partial charge in [0.1, 0.15) is 12.1 Å². The van der Waals surface area contributed by atoms with Crippen LogP contribution >= 0.6 is 0 Å². The van der Waals surface area contributed by atoms with E-state index >= 15 is 0 Å². The van der Waals surface area contributed by atoms with Crippen LogP contribution < -0.4 is 5.32 Å². The molecule has 1 N–H and O–H groups in total. The number of carbonyl (C=O) groups excluding carboxylic acids is 3. The molecule has 0 saturated heterocycles. The largest absolute Gasteiger partial charge is 0.354 e. The fourth-order valence-electron chi connectivity index (χ4n) is 3.23. The number of nitrogens with zero attached hydrogens (tertiary/aromatic N) is 2. The van der Waals surface area contributed by atoms with E-state index in [-0.39, 0.29) is 11.1 Å². The Morgan fingerprint density at radius 1 is 1.10 bits per heavy atom. The van der Waals surface area contributed by atoms with Crippen LogP contribution in [0.5, 0.6) is 0 Å². The number of nitro benzene ring substituents is 1. The van der Waals surface area contributed by atoms with Crippen molar-refractivity contribution < 1.29 is 19.3 Å². The Hall–Kier alpha value is -3.55. The average Bonchev–Trinajstić information content (AvgIpc) is 2.93. The molecule has 1 heterocycles. The fourth-order valence-corrected chi connectivity index (χ4v) is 3.23. The summed E-state index contributed by atoms with van der Waals surface area (Å²) in [6.07, 6.45) is 0.609. The van der Waals surface area contributed by atoms with Crippen molar-refractivity contribution in [3.63, 3.8) is 0 Å². The first-order valence-corrected chi connectivity index (χ1v) is 9.28. The molecule has 150 valence electrons. The number of nitro groups is 1. The maximum absolute atomic E-state index is 12.5. The smallest absolute Gasteiger partial charge is 0.282 e. The average molecular weight is 395 g/mol. The van der Waals surface area contributed by atoms with Crippen LogP contribution in [0.25, 0.3) is 0 Å². The summed E-state index contributed by atoms with van der Waals surface area (Å²) < 4.78 is 0. The Morgan fingerprint density at radius 3 is 2.41 bits per heavy atom. The van der Waals surface area contributed by atoms with Gasteiger partial charge in [0.05, 0.1) is 10.5 Å². The summed E-state index contributed by atoms with van der Waals surface area (Å²) in [7, 11) is 0. The van der Waals surface area contributed by atoms with Crippen molar-refractivity contribution in [3.8, 4) is 0 Å². The highest BCUT2D eigenvalue weighted by Gasteiger charge is 2.41. The van der Waals surface area contributed by atoms with Gasteiger partial charge >= 0.3 is 0 Å². The molecule has 3 amide bonds. The first kappa shape index (κ1) is 20.2. The van der Waals surface area contributed by atoms with E-state index in [1.807, 2.05) is 24.3 Å². The molecule has 3 rings (SSSR count). The summed E-state index contributed by atoms with van der Waals surface area (Å²) in [6, 6.07) is 12.0. The van der Waals surface area contributed by atoms with Crippen LogP contribution in [-0.4, -0.2) is 40.6 Å². The van der Waals surface area contributed by atoms with Gasteiger partial charge < -0.3 is 5.32 Å². The quantitative estimate of drug-likeness (QED) is 0.440. The van der Waals surface area contributed by atoms with E-state index in [1.54, 1.807) is 0 Å². The molecular formula is C21H21N3O5. The Balaban J connectivity index is 1.58. The van der Waals surface area contributed by atoms with Gasteiger partial charge in [-0.25, -0.2) is 0 Å². The van der Waals surface area contributed by atoms with Crippen molar-refractivity contribution >= 4 is 23.4 Å². The molecular weight excluding hydrogens is 374 g/mol. The van der Waals surface area contributed by atoms with Crippen molar-refractivity contribution in [2.45, 2.75) is 26.2 Å². The van der Waals surface area contributed by atoms with Gasteiger partial charge in [-0.05, 0) is 29.5 Å². The van der Waals surface area contributed by atoms with E-state index in [4.69, 9.17) is 0 Å². The number of imide groups is 1. The molecule has 0 saturated carbocycles. The van der Waals surface area contributed by atoms with Crippen molar-refractivity contribution in [3.05, 3.63) is 74.8 Å². The zero-order valence-corrected chi connectivity index (χ0v) is 16.2. The van der Waals surface area contributed by atoms with E-state index in [9.17, 15) is 24.5 Å². The summed E-state index contributed by atoms with van der Waals surface area (Å²) in [6.45, 7) is 4.10. The molecule has 2 aromatic carbocycles. The van der Waals surface area contributed by atoms with Crippen molar-refractivity contribution in [2.75, 3.05) is 13.1 Å². The molecule has 0 aliphatic carbocycles. The number of hydrogen-bond donors (Lipinski definition) is 1. The molecule has 0 fully saturated rings. The van der Waals surface area contributed by atoms with Gasteiger partial charge in [-0.2, -0.15) is 0 Å². The van der Waals surface area contributed by atoms with Gasteiger partial charge in [-0.3, -0.25) is 29.4 Å². The zero-order valence-electron chi connectivity index (χ0n) is 16.2. The third-order valence-corrected chi connectivity index (χ3v) is 4.86. The van der Waals surface area contributed by atoms with E-state index in [1.165, 1.54) is 17.7 Å². The predicted octanol–water partition coefficient (Wildman–Crippen LogP) is 2.67. The number of carbonyl (C=O) groups is 3. The number of nitrogens with one attached hydrogen (secondary N) is 1. The summed E-state index contributed by atoms with van der Waals surface area (Å²) in [5, 5.41) is 13.8. The molecule has 29 heavy (non-hydrogen) atoms. The van der Waals surface area contributed by atoms with Crippen LogP contribution in [0.1, 0.15) is 51.6 Å². The van der Waals surface area contributed by atoms with Crippen molar-refractivity contribution in [1.29, 1.82) is 0 Å². The molecule has 0 unspecified atom stereocenters. The van der Waals surface area contributed by atoms with E-state index in [2.05, 4.69) is 19.2 Å². The molecule has 8 heteroatoms. The normalized spacial score (nSPS) is 13.0. The number of rotatable bonds is 7. The van der Waals surface area contributed by atoms with Crippen LogP contribution in [0.2, 0.25) is 0 Å². The third-order valence-electron chi connectivity index (χ3n) is 4.86. The minimum absolute atomic E-state index is 0.0535. The minimum atomic E-state index is -0.822. The standard InChI is InChI=1S/C21H21N3O5/c1-13(2)15-8-6-14(7-9-15)10-11-22-18(25)12-23-20(26)16-4-3-5-17(24(28)29)19(16)21(23)27/h3-9,13H,10-12H2,1-2H3,(H,22,25). The Morgan fingerprint density at radius 2 is 1.79 bits per heavy atom. The number of benzene rings is 2. The maximum atomic E-state index is 12.5. The number of fused-ring (bicyclic) bond motifs is 1. The van der Waals surface area contributed by atoms with Crippen LogP contribution in [0, 0.1) is 10.1 Å². The van der Waals surface area contributed by atoms with Gasteiger partial charge in [0.25, 0.3) is 17.5 Å². The van der Waals surface area contributed by atoms with Crippen LogP contribution in [0.3, 0.4) is 0 Å². The van der Waals surface area contributed by atoms with Gasteiger partial charge in [0.2, 0.25) is 5.91 Å². The molecule has 0 bridgehead atoms. The molecule has 8 nitrogen and oxygen atoms in total. The Kier molecular flexibility index (Phi) is 5.72. The van der Waals surface area contributed by atoms with Gasteiger partial charge in [-0.1, -0.05) is 44.2 Å². The summed E-state index contributed by atoms with van der Waals surface area (Å²) >= 11 is 0. The first-order chi connectivity index (χ1) is 13.8. The topological polar surface area (TPSA) is 110 Å². The highest BCUT2D eigenvalue weighted by molar-refractivity contribution is 6.24. The number of hydrogen-bond acceptors (Lipinski definition) is 5. The van der Waals surface area contributed by atoms with Gasteiger partial charge in [0, 0.05) is 12.6 Å². The summed E-state index contributed by atoms with van der Waals surface area (Å²) in [5.74, 6) is -1.58. The minimum Gasteiger partial charge on any atom is -0.354 e. The second-order valence-electron chi connectivity index (χ2n) is 7.15. The Labute approximate surface area is 167 Å². The van der Waals surface area contributed by atoms with E-state index in [0.29, 0.717) is 18.9 Å². The highest BCUT2D eigenvalue weighted by Crippen LogP contribution is 2.30. The molecule has 2 aromatic rings. The molecule has 0 radical (unpaired) electrons. The second kappa shape index (κ2) is 8.22. The zero-order chi connectivity index (χ0) is 21.1. The molecule has 0 atom stereocenters. The lowest BCUT2D eigenvalue weighted by Crippen LogP contribution is -2.40. The molecule has 0 spiro atoms. The van der Waals surface area contributed by atoms with Gasteiger partial charge in [0.15, 0.2) is 0 Å². The highest BCUT2D eigenvalue weighted by atomic mass is 16.6. The number of amides is 3. The van der Waals surface area contributed by atoms with Crippen LogP contribution in [-0.2, 0) is 11.2 Å². The lowest BCUT2D eigenvalue weighted by Gasteiger charge is -2.13. The molecule has 0 aromatic heterocycles. The van der Waals surface area contributed by atoms with E-state index in [0.717, 1.165) is 16.5 Å². The van der Waals surface area contributed by atoms with E-state index < -0.39 is 34.9 Å². The Bertz CT molecular complexity index is 982.